The van der Waals surface area contributed by atoms with E-state index in [9.17, 15) is 13.6 Å². The molecule has 0 saturated heterocycles. The molecular weight excluding hydrogens is 262 g/mol. The fourth-order valence-electron chi connectivity index (χ4n) is 2.81. The zero-order valence-electron chi connectivity index (χ0n) is 11.9. The van der Waals surface area contributed by atoms with E-state index in [1.54, 1.807) is 4.90 Å². The fourth-order valence-corrected chi connectivity index (χ4v) is 2.81. The second-order valence-corrected chi connectivity index (χ2v) is 5.29. The van der Waals surface area contributed by atoms with Crippen molar-refractivity contribution < 1.29 is 13.6 Å². The number of amides is 1. The Morgan fingerprint density at radius 3 is 2.45 bits per heavy atom. The van der Waals surface area contributed by atoms with Crippen molar-refractivity contribution in [2.24, 2.45) is 11.1 Å². The lowest BCUT2D eigenvalue weighted by atomic mass is 9.81. The second-order valence-electron chi connectivity index (χ2n) is 5.29. The van der Waals surface area contributed by atoms with E-state index in [-0.39, 0.29) is 12.5 Å². The smallest absolute Gasteiger partial charge is 0.234 e. The summed E-state index contributed by atoms with van der Waals surface area (Å²) in [4.78, 5) is 14.3. The van der Waals surface area contributed by atoms with Crippen LogP contribution < -0.4 is 10.6 Å². The van der Waals surface area contributed by atoms with Crippen molar-refractivity contribution in [2.45, 2.75) is 33.1 Å². The highest BCUT2D eigenvalue weighted by Crippen LogP contribution is 2.36. The van der Waals surface area contributed by atoms with Gasteiger partial charge in [0, 0.05) is 19.2 Å². The van der Waals surface area contributed by atoms with Gasteiger partial charge in [0.25, 0.3) is 0 Å². The van der Waals surface area contributed by atoms with Crippen LogP contribution in [0.25, 0.3) is 0 Å². The molecule has 2 rings (SSSR count). The summed E-state index contributed by atoms with van der Waals surface area (Å²) in [6, 6.07) is 2.29. The van der Waals surface area contributed by atoms with Crippen LogP contribution in [0, 0.1) is 17.0 Å². The van der Waals surface area contributed by atoms with E-state index >= 15 is 0 Å². The van der Waals surface area contributed by atoms with Crippen LogP contribution in [0.15, 0.2) is 12.1 Å². The monoisotopic (exact) mass is 282 g/mol. The molecule has 1 aromatic rings. The van der Waals surface area contributed by atoms with Gasteiger partial charge in [-0.15, -0.1) is 0 Å². The van der Waals surface area contributed by atoms with Crippen molar-refractivity contribution >= 4 is 11.6 Å². The molecule has 20 heavy (non-hydrogen) atoms. The van der Waals surface area contributed by atoms with Gasteiger partial charge in [-0.3, -0.25) is 4.79 Å². The molecule has 1 amide bonds. The lowest BCUT2D eigenvalue weighted by molar-refractivity contribution is -0.128. The summed E-state index contributed by atoms with van der Waals surface area (Å²) in [6.45, 7) is 4.57. The van der Waals surface area contributed by atoms with Crippen molar-refractivity contribution in [3.8, 4) is 0 Å². The number of hydrogen-bond acceptors (Lipinski definition) is 2. The Morgan fingerprint density at radius 1 is 1.30 bits per heavy atom. The Morgan fingerprint density at radius 2 is 1.90 bits per heavy atom. The third kappa shape index (κ3) is 2.20. The van der Waals surface area contributed by atoms with Crippen molar-refractivity contribution in [3.05, 3.63) is 29.3 Å². The van der Waals surface area contributed by atoms with Gasteiger partial charge in [0.2, 0.25) is 5.91 Å². The molecule has 2 N–H and O–H groups in total. The Kier molecular flexibility index (Phi) is 4.09. The van der Waals surface area contributed by atoms with E-state index in [1.807, 2.05) is 13.8 Å². The topological polar surface area (TPSA) is 46.3 Å². The number of carbonyl (C=O) groups excluding carboxylic acids is 1. The van der Waals surface area contributed by atoms with Crippen molar-refractivity contribution in [1.82, 2.24) is 0 Å². The van der Waals surface area contributed by atoms with Crippen LogP contribution in [0.4, 0.5) is 14.5 Å². The summed E-state index contributed by atoms with van der Waals surface area (Å²) in [5, 5.41) is 0. The molecule has 0 aromatic heterocycles. The zero-order chi connectivity index (χ0) is 14.9. The van der Waals surface area contributed by atoms with Crippen LogP contribution >= 0.6 is 0 Å². The van der Waals surface area contributed by atoms with Crippen molar-refractivity contribution in [2.75, 3.05) is 18.0 Å². The number of hydrogen-bond donors (Lipinski definition) is 1. The molecule has 0 fully saturated rings. The molecule has 5 heteroatoms. The summed E-state index contributed by atoms with van der Waals surface area (Å²) in [6.07, 6.45) is 1.81. The average molecular weight is 282 g/mol. The maximum atomic E-state index is 13.4. The maximum absolute atomic E-state index is 13.4. The SMILES string of the molecule is CCC(CC)(CN)C(=O)N1CCc2cc(F)c(F)cc21. The number of rotatable bonds is 4. The molecule has 0 spiro atoms. The van der Waals surface area contributed by atoms with Crippen LogP contribution in [-0.4, -0.2) is 19.0 Å². The number of anilines is 1. The lowest BCUT2D eigenvalue weighted by Gasteiger charge is -2.33. The van der Waals surface area contributed by atoms with E-state index in [0.717, 1.165) is 6.07 Å². The van der Waals surface area contributed by atoms with Gasteiger partial charge < -0.3 is 10.6 Å². The van der Waals surface area contributed by atoms with E-state index in [0.29, 0.717) is 37.1 Å². The molecule has 3 nitrogen and oxygen atoms in total. The summed E-state index contributed by atoms with van der Waals surface area (Å²) >= 11 is 0. The minimum absolute atomic E-state index is 0.0882. The van der Waals surface area contributed by atoms with E-state index in [4.69, 9.17) is 5.73 Å². The minimum atomic E-state index is -0.921. The molecule has 1 heterocycles. The summed E-state index contributed by atoms with van der Waals surface area (Å²) in [5.41, 5.74) is 6.33. The standard InChI is InChI=1S/C15H20F2N2O/c1-3-15(4-2,9-18)14(20)19-6-5-10-7-11(16)12(17)8-13(10)19/h7-8H,3-6,9,18H2,1-2H3. The van der Waals surface area contributed by atoms with E-state index in [1.165, 1.54) is 6.07 Å². The highest BCUT2D eigenvalue weighted by atomic mass is 19.2. The van der Waals surface area contributed by atoms with E-state index < -0.39 is 17.0 Å². The van der Waals surface area contributed by atoms with Crippen LogP contribution in [0.2, 0.25) is 0 Å². The molecule has 1 aromatic carbocycles. The normalized spacial score (nSPS) is 14.6. The summed E-state index contributed by atoms with van der Waals surface area (Å²) in [5.74, 6) is -1.88. The number of nitrogens with two attached hydrogens (primary N) is 1. The molecule has 1 aliphatic heterocycles. The van der Waals surface area contributed by atoms with Gasteiger partial charge in [0.1, 0.15) is 0 Å². The largest absolute Gasteiger partial charge is 0.329 e. The molecule has 110 valence electrons. The number of benzene rings is 1. The van der Waals surface area contributed by atoms with Gasteiger partial charge in [-0.25, -0.2) is 8.78 Å². The Hall–Kier alpha value is -1.49. The van der Waals surface area contributed by atoms with Gasteiger partial charge in [-0.1, -0.05) is 13.8 Å². The highest BCUT2D eigenvalue weighted by Gasteiger charge is 2.39. The van der Waals surface area contributed by atoms with E-state index in [2.05, 4.69) is 0 Å². The predicted molar refractivity (Wildman–Crippen MR) is 74.5 cm³/mol. The quantitative estimate of drug-likeness (QED) is 0.922. The van der Waals surface area contributed by atoms with Crippen LogP contribution in [0.5, 0.6) is 0 Å². The van der Waals surface area contributed by atoms with Crippen LogP contribution in [0.3, 0.4) is 0 Å². The van der Waals surface area contributed by atoms with Gasteiger partial charge in [-0.05, 0) is 30.9 Å². The Labute approximate surface area is 117 Å². The van der Waals surface area contributed by atoms with Crippen molar-refractivity contribution in [3.63, 3.8) is 0 Å². The molecule has 0 radical (unpaired) electrons. The number of carbonyl (C=O) groups is 1. The van der Waals surface area contributed by atoms with Gasteiger partial charge in [0.15, 0.2) is 11.6 Å². The summed E-state index contributed by atoms with van der Waals surface area (Å²) in [7, 11) is 0. The maximum Gasteiger partial charge on any atom is 0.234 e. The first-order valence-electron chi connectivity index (χ1n) is 6.99. The van der Waals surface area contributed by atoms with Gasteiger partial charge in [-0.2, -0.15) is 0 Å². The molecule has 0 bridgehead atoms. The molecular formula is C15H20F2N2O. The van der Waals surface area contributed by atoms with Gasteiger partial charge >= 0.3 is 0 Å². The zero-order valence-corrected chi connectivity index (χ0v) is 11.9. The third-order valence-electron chi connectivity index (χ3n) is 4.46. The third-order valence-corrected chi connectivity index (χ3v) is 4.46. The summed E-state index contributed by atoms with van der Waals surface area (Å²) < 4.78 is 26.7. The molecule has 0 aliphatic carbocycles. The molecule has 1 aliphatic rings. The average Bonchev–Trinajstić information content (AvgIpc) is 2.84. The highest BCUT2D eigenvalue weighted by molar-refractivity contribution is 5.99. The van der Waals surface area contributed by atoms with Crippen LogP contribution in [-0.2, 0) is 11.2 Å². The molecule has 0 unspecified atom stereocenters. The first-order valence-corrected chi connectivity index (χ1v) is 6.99. The van der Waals surface area contributed by atoms with Crippen LogP contribution in [0.1, 0.15) is 32.3 Å². The first kappa shape index (κ1) is 14.9. The molecule has 0 atom stereocenters. The fraction of sp³-hybridized carbons (Fsp3) is 0.533. The second kappa shape index (κ2) is 5.48. The van der Waals surface area contributed by atoms with Crippen molar-refractivity contribution in [1.29, 1.82) is 0 Å². The predicted octanol–water partition coefficient (Wildman–Crippen LogP) is 2.62. The van der Waals surface area contributed by atoms with Gasteiger partial charge in [0.05, 0.1) is 11.1 Å². The number of nitrogens with zero attached hydrogens (tertiary/aromatic N) is 1. The lowest BCUT2D eigenvalue weighted by Crippen LogP contribution is -2.47. The number of fused-ring (bicyclic) bond motifs is 1. The number of halogens is 2. The Bertz CT molecular complexity index is 519. The minimum Gasteiger partial charge on any atom is -0.329 e. The Balaban J connectivity index is 2.39. The molecule has 0 saturated carbocycles. The first-order chi connectivity index (χ1) is 9.49.